The smallest absolute Gasteiger partial charge is 0.207 e. The Kier molecular flexibility index (Phi) is 3.33. The highest BCUT2D eigenvalue weighted by molar-refractivity contribution is 8.13. The molecular formula is C9H11ClO2S. The molecule has 0 aliphatic rings. The van der Waals surface area contributed by atoms with E-state index < -0.39 is 9.05 Å². The zero-order chi connectivity index (χ0) is 9.90. The fraction of sp³-hybridized carbons (Fsp3) is 0.333. The van der Waals surface area contributed by atoms with Crippen molar-refractivity contribution >= 4 is 19.7 Å². The Hall–Kier alpha value is -0.540. The second kappa shape index (κ2) is 4.11. The third-order valence-electron chi connectivity index (χ3n) is 1.72. The second-order valence-corrected chi connectivity index (χ2v) is 5.40. The van der Waals surface area contributed by atoms with E-state index in [1.54, 1.807) is 12.1 Å². The number of halogens is 1. The van der Waals surface area contributed by atoms with E-state index in [0.29, 0.717) is 0 Å². The second-order valence-electron chi connectivity index (χ2n) is 2.84. The molecular weight excluding hydrogens is 208 g/mol. The van der Waals surface area contributed by atoms with Crippen molar-refractivity contribution in [1.29, 1.82) is 0 Å². The van der Waals surface area contributed by atoms with Gasteiger partial charge in [0.15, 0.2) is 0 Å². The van der Waals surface area contributed by atoms with Gasteiger partial charge in [0.2, 0.25) is 0 Å². The number of hydrogen-bond acceptors (Lipinski definition) is 2. The van der Waals surface area contributed by atoms with Crippen molar-refractivity contribution in [3.8, 4) is 0 Å². The predicted molar refractivity (Wildman–Crippen MR) is 53.5 cm³/mol. The van der Waals surface area contributed by atoms with Crippen LogP contribution in [0, 0.1) is 0 Å². The maximum absolute atomic E-state index is 11.0. The van der Waals surface area contributed by atoms with E-state index in [-0.39, 0.29) is 4.90 Å². The lowest BCUT2D eigenvalue weighted by Gasteiger charge is -2.00. The van der Waals surface area contributed by atoms with Crippen molar-refractivity contribution in [3.63, 3.8) is 0 Å². The highest BCUT2D eigenvalue weighted by Crippen LogP contribution is 2.16. The Morgan fingerprint density at radius 3 is 2.62 bits per heavy atom. The number of rotatable bonds is 3. The molecule has 0 amide bonds. The van der Waals surface area contributed by atoms with Gasteiger partial charge in [0.05, 0.1) is 4.90 Å². The summed E-state index contributed by atoms with van der Waals surface area (Å²) in [7, 11) is 1.63. The van der Waals surface area contributed by atoms with Crippen molar-refractivity contribution in [1.82, 2.24) is 0 Å². The molecule has 0 aliphatic heterocycles. The van der Waals surface area contributed by atoms with Crippen LogP contribution in [-0.4, -0.2) is 8.42 Å². The van der Waals surface area contributed by atoms with E-state index >= 15 is 0 Å². The monoisotopic (exact) mass is 218 g/mol. The van der Waals surface area contributed by atoms with Crippen LogP contribution in [0.15, 0.2) is 29.2 Å². The van der Waals surface area contributed by atoms with Gasteiger partial charge in [0, 0.05) is 10.7 Å². The molecule has 0 saturated carbocycles. The van der Waals surface area contributed by atoms with Gasteiger partial charge in [-0.2, -0.15) is 0 Å². The lowest BCUT2D eigenvalue weighted by Crippen LogP contribution is -1.92. The Balaban J connectivity index is 3.06. The Bertz CT molecular complexity index is 384. The Morgan fingerprint density at radius 2 is 2.08 bits per heavy atom. The molecule has 0 spiro atoms. The summed E-state index contributed by atoms with van der Waals surface area (Å²) < 4.78 is 21.9. The summed E-state index contributed by atoms with van der Waals surface area (Å²) in [6.45, 7) is 2.04. The summed E-state index contributed by atoms with van der Waals surface area (Å²) in [4.78, 5) is 0.181. The lowest BCUT2D eigenvalue weighted by molar-refractivity contribution is 0.609. The molecule has 0 fully saturated rings. The minimum atomic E-state index is -3.57. The predicted octanol–water partition coefficient (Wildman–Crippen LogP) is 2.57. The van der Waals surface area contributed by atoms with E-state index in [4.69, 9.17) is 10.7 Å². The summed E-state index contributed by atoms with van der Waals surface area (Å²) in [5, 5.41) is 0. The average molecular weight is 219 g/mol. The van der Waals surface area contributed by atoms with Gasteiger partial charge in [-0.05, 0) is 24.1 Å². The minimum absolute atomic E-state index is 0.181. The first kappa shape index (κ1) is 10.5. The molecule has 1 aromatic rings. The average Bonchev–Trinajstić information content (AvgIpc) is 2.04. The van der Waals surface area contributed by atoms with Gasteiger partial charge in [-0.15, -0.1) is 0 Å². The molecule has 13 heavy (non-hydrogen) atoms. The fourth-order valence-electron chi connectivity index (χ4n) is 1.14. The highest BCUT2D eigenvalue weighted by Gasteiger charge is 2.09. The van der Waals surface area contributed by atoms with Gasteiger partial charge in [0.1, 0.15) is 0 Å². The van der Waals surface area contributed by atoms with Crippen molar-refractivity contribution in [2.45, 2.75) is 24.7 Å². The molecule has 0 bridgehead atoms. The van der Waals surface area contributed by atoms with Gasteiger partial charge in [-0.25, -0.2) is 8.42 Å². The van der Waals surface area contributed by atoms with Gasteiger partial charge in [0.25, 0.3) is 9.05 Å². The molecule has 1 aromatic carbocycles. The highest BCUT2D eigenvalue weighted by atomic mass is 35.7. The molecule has 1 rings (SSSR count). The van der Waals surface area contributed by atoms with Gasteiger partial charge in [-0.3, -0.25) is 0 Å². The molecule has 4 heteroatoms. The zero-order valence-corrected chi connectivity index (χ0v) is 8.90. The first-order valence-corrected chi connectivity index (χ1v) is 6.38. The maximum Gasteiger partial charge on any atom is 0.261 e. The standard InChI is InChI=1S/C9H11ClO2S/c1-2-4-8-5-3-6-9(7-8)13(10,11)12/h3,5-7H,2,4H2,1H3. The van der Waals surface area contributed by atoms with E-state index in [2.05, 4.69) is 0 Å². The Morgan fingerprint density at radius 1 is 1.38 bits per heavy atom. The fourth-order valence-corrected chi connectivity index (χ4v) is 1.96. The van der Waals surface area contributed by atoms with Crippen LogP contribution in [0.1, 0.15) is 18.9 Å². The largest absolute Gasteiger partial charge is 0.261 e. The third kappa shape index (κ3) is 3.01. The molecule has 2 nitrogen and oxygen atoms in total. The molecule has 0 atom stereocenters. The van der Waals surface area contributed by atoms with Crippen molar-refractivity contribution in [2.24, 2.45) is 0 Å². The molecule has 72 valence electrons. The van der Waals surface area contributed by atoms with Crippen LogP contribution in [0.4, 0.5) is 0 Å². The van der Waals surface area contributed by atoms with Crippen LogP contribution in [0.2, 0.25) is 0 Å². The van der Waals surface area contributed by atoms with Crippen LogP contribution in [-0.2, 0) is 15.5 Å². The molecule has 0 saturated heterocycles. The van der Waals surface area contributed by atoms with E-state index in [1.807, 2.05) is 13.0 Å². The van der Waals surface area contributed by atoms with Crippen molar-refractivity contribution in [2.75, 3.05) is 0 Å². The molecule has 0 aromatic heterocycles. The van der Waals surface area contributed by atoms with Crippen LogP contribution in [0.25, 0.3) is 0 Å². The number of aryl methyl sites for hydroxylation is 1. The first-order chi connectivity index (χ1) is 6.04. The molecule has 0 N–H and O–H groups in total. The van der Waals surface area contributed by atoms with E-state index in [0.717, 1.165) is 18.4 Å². The van der Waals surface area contributed by atoms with Crippen molar-refractivity contribution in [3.05, 3.63) is 29.8 Å². The van der Waals surface area contributed by atoms with Gasteiger partial charge in [-0.1, -0.05) is 25.5 Å². The molecule has 0 radical (unpaired) electrons. The summed E-state index contributed by atoms with van der Waals surface area (Å²) >= 11 is 0. The van der Waals surface area contributed by atoms with E-state index in [1.165, 1.54) is 6.07 Å². The quantitative estimate of drug-likeness (QED) is 0.731. The van der Waals surface area contributed by atoms with Gasteiger partial charge < -0.3 is 0 Å². The molecule has 0 unspecified atom stereocenters. The third-order valence-corrected chi connectivity index (χ3v) is 3.07. The first-order valence-electron chi connectivity index (χ1n) is 4.07. The zero-order valence-electron chi connectivity index (χ0n) is 7.33. The Labute approximate surface area is 83.0 Å². The topological polar surface area (TPSA) is 34.1 Å². The lowest BCUT2D eigenvalue weighted by atomic mass is 10.1. The van der Waals surface area contributed by atoms with Crippen LogP contribution in [0.5, 0.6) is 0 Å². The van der Waals surface area contributed by atoms with Crippen LogP contribution in [0.3, 0.4) is 0 Å². The molecule has 0 heterocycles. The molecule has 0 aliphatic carbocycles. The minimum Gasteiger partial charge on any atom is -0.207 e. The summed E-state index contributed by atoms with van der Waals surface area (Å²) in [5.74, 6) is 0. The number of benzene rings is 1. The van der Waals surface area contributed by atoms with Crippen LogP contribution >= 0.6 is 10.7 Å². The number of hydrogen-bond donors (Lipinski definition) is 0. The van der Waals surface area contributed by atoms with Gasteiger partial charge >= 0.3 is 0 Å². The summed E-state index contributed by atoms with van der Waals surface area (Å²) in [5.41, 5.74) is 1.00. The summed E-state index contributed by atoms with van der Waals surface area (Å²) in [6.07, 6.45) is 1.87. The van der Waals surface area contributed by atoms with E-state index in [9.17, 15) is 8.42 Å². The van der Waals surface area contributed by atoms with Crippen LogP contribution < -0.4 is 0 Å². The van der Waals surface area contributed by atoms with Crippen molar-refractivity contribution < 1.29 is 8.42 Å². The maximum atomic E-state index is 11.0. The SMILES string of the molecule is CCCc1cccc(S(=O)(=O)Cl)c1. The summed E-state index contributed by atoms with van der Waals surface area (Å²) in [6, 6.07) is 6.72. The normalized spacial score (nSPS) is 11.5.